The third-order valence-corrected chi connectivity index (χ3v) is 2.91. The third-order valence-electron chi connectivity index (χ3n) is 2.91. The number of amides is 1. The predicted octanol–water partition coefficient (Wildman–Crippen LogP) is 1.57. The molecule has 0 radical (unpaired) electrons. The maximum absolute atomic E-state index is 11.7. The number of carbonyl (C=O) groups excluding carboxylic acids is 1. The van der Waals surface area contributed by atoms with Crippen LogP contribution in [0, 0.1) is 11.3 Å². The Labute approximate surface area is 111 Å². The Morgan fingerprint density at radius 1 is 1.35 bits per heavy atom. The minimum Gasteiger partial charge on any atom is -0.379 e. The van der Waals surface area contributed by atoms with Crippen LogP contribution in [0.1, 0.15) is 34.6 Å². The van der Waals surface area contributed by atoms with Crippen LogP contribution in [0.5, 0.6) is 0 Å². The molecule has 3 unspecified atom stereocenters. The minimum atomic E-state index is -0.169. The minimum absolute atomic E-state index is 0. The Bertz CT molecular complexity index is 227. The average molecular weight is 267 g/mol. The lowest BCUT2D eigenvalue weighted by Crippen LogP contribution is -2.45. The summed E-state index contributed by atoms with van der Waals surface area (Å²) in [4.78, 5) is 11.7. The van der Waals surface area contributed by atoms with Crippen molar-refractivity contribution in [2.45, 2.75) is 46.8 Å². The zero-order chi connectivity index (χ0) is 12.9. The SMILES string of the molecule is COC(CNC(=O)C(C)C(C)N)C(C)(C)C.Cl. The summed E-state index contributed by atoms with van der Waals surface area (Å²) in [6.45, 7) is 10.4. The van der Waals surface area contributed by atoms with Crippen LogP contribution in [0.15, 0.2) is 0 Å². The van der Waals surface area contributed by atoms with E-state index in [0.29, 0.717) is 6.54 Å². The van der Waals surface area contributed by atoms with Crippen LogP contribution in [0.2, 0.25) is 0 Å². The van der Waals surface area contributed by atoms with Gasteiger partial charge in [0.15, 0.2) is 0 Å². The van der Waals surface area contributed by atoms with Crippen molar-refractivity contribution < 1.29 is 9.53 Å². The summed E-state index contributed by atoms with van der Waals surface area (Å²) in [6.07, 6.45) is 0.0109. The van der Waals surface area contributed by atoms with Gasteiger partial charge >= 0.3 is 0 Å². The number of hydrogen-bond donors (Lipinski definition) is 2. The van der Waals surface area contributed by atoms with E-state index in [1.807, 2.05) is 13.8 Å². The van der Waals surface area contributed by atoms with Gasteiger partial charge in [0, 0.05) is 25.6 Å². The number of nitrogens with one attached hydrogen (secondary N) is 1. The Morgan fingerprint density at radius 2 is 1.82 bits per heavy atom. The third kappa shape index (κ3) is 6.86. The molecule has 0 heterocycles. The van der Waals surface area contributed by atoms with E-state index in [2.05, 4.69) is 26.1 Å². The van der Waals surface area contributed by atoms with Crippen molar-refractivity contribution in [3.63, 3.8) is 0 Å². The maximum atomic E-state index is 11.7. The highest BCUT2D eigenvalue weighted by Gasteiger charge is 2.26. The van der Waals surface area contributed by atoms with E-state index < -0.39 is 0 Å². The van der Waals surface area contributed by atoms with Gasteiger partial charge in [0.05, 0.1) is 6.10 Å². The summed E-state index contributed by atoms with van der Waals surface area (Å²) in [5.74, 6) is -0.182. The summed E-state index contributed by atoms with van der Waals surface area (Å²) in [7, 11) is 1.66. The lowest BCUT2D eigenvalue weighted by Gasteiger charge is -2.30. The van der Waals surface area contributed by atoms with Crippen LogP contribution in [0.25, 0.3) is 0 Å². The standard InChI is InChI=1S/C12H26N2O2.ClH/c1-8(9(2)13)11(15)14-7-10(16-6)12(3,4)5;/h8-10H,7,13H2,1-6H3,(H,14,15);1H. The normalized spacial score (nSPS) is 16.6. The van der Waals surface area contributed by atoms with Gasteiger partial charge in [-0.15, -0.1) is 12.4 Å². The Morgan fingerprint density at radius 3 is 2.12 bits per heavy atom. The van der Waals surface area contributed by atoms with Gasteiger partial charge in [-0.2, -0.15) is 0 Å². The van der Waals surface area contributed by atoms with E-state index in [9.17, 15) is 4.79 Å². The van der Waals surface area contributed by atoms with Crippen molar-refractivity contribution in [1.82, 2.24) is 5.32 Å². The van der Waals surface area contributed by atoms with Crippen molar-refractivity contribution in [1.29, 1.82) is 0 Å². The van der Waals surface area contributed by atoms with Crippen LogP contribution >= 0.6 is 12.4 Å². The smallest absolute Gasteiger partial charge is 0.224 e. The number of carbonyl (C=O) groups is 1. The van der Waals surface area contributed by atoms with Crippen molar-refractivity contribution in [3.05, 3.63) is 0 Å². The fourth-order valence-corrected chi connectivity index (χ4v) is 1.34. The monoisotopic (exact) mass is 266 g/mol. The van der Waals surface area contributed by atoms with E-state index >= 15 is 0 Å². The van der Waals surface area contributed by atoms with E-state index in [1.165, 1.54) is 0 Å². The number of hydrogen-bond acceptors (Lipinski definition) is 3. The molecule has 0 spiro atoms. The van der Waals surface area contributed by atoms with E-state index in [0.717, 1.165) is 0 Å². The molecule has 4 nitrogen and oxygen atoms in total. The average Bonchev–Trinajstić information content (AvgIpc) is 2.14. The van der Waals surface area contributed by atoms with Crippen LogP contribution in [0.4, 0.5) is 0 Å². The molecule has 0 aromatic carbocycles. The maximum Gasteiger partial charge on any atom is 0.224 e. The molecule has 0 rings (SSSR count). The lowest BCUT2D eigenvalue weighted by molar-refractivity contribution is -0.126. The summed E-state index contributed by atoms with van der Waals surface area (Å²) in [5.41, 5.74) is 5.68. The molecule has 0 aromatic heterocycles. The lowest BCUT2D eigenvalue weighted by atomic mass is 9.89. The number of nitrogens with two attached hydrogens (primary N) is 1. The van der Waals surface area contributed by atoms with Gasteiger partial charge in [0.1, 0.15) is 0 Å². The van der Waals surface area contributed by atoms with E-state index in [1.54, 1.807) is 7.11 Å². The fourth-order valence-electron chi connectivity index (χ4n) is 1.34. The van der Waals surface area contributed by atoms with Crippen molar-refractivity contribution in [2.24, 2.45) is 17.1 Å². The first-order valence-corrected chi connectivity index (χ1v) is 5.76. The number of rotatable bonds is 5. The van der Waals surface area contributed by atoms with Gasteiger partial charge in [0.2, 0.25) is 5.91 Å². The molecule has 5 heteroatoms. The molecule has 0 saturated carbocycles. The van der Waals surface area contributed by atoms with Gasteiger partial charge in [-0.05, 0) is 12.3 Å². The second-order valence-corrected chi connectivity index (χ2v) is 5.48. The first-order chi connectivity index (χ1) is 7.20. The molecule has 104 valence electrons. The van der Waals surface area contributed by atoms with E-state index in [-0.39, 0.29) is 41.8 Å². The van der Waals surface area contributed by atoms with Crippen molar-refractivity contribution in [3.8, 4) is 0 Å². The molecule has 0 aromatic rings. The Balaban J connectivity index is 0. The highest BCUT2D eigenvalue weighted by Crippen LogP contribution is 2.21. The largest absolute Gasteiger partial charge is 0.379 e. The number of halogens is 1. The fraction of sp³-hybridized carbons (Fsp3) is 0.917. The second-order valence-electron chi connectivity index (χ2n) is 5.48. The Hall–Kier alpha value is -0.320. The van der Waals surface area contributed by atoms with Crippen LogP contribution in [0.3, 0.4) is 0 Å². The van der Waals surface area contributed by atoms with Crippen LogP contribution < -0.4 is 11.1 Å². The summed E-state index contributed by atoms with van der Waals surface area (Å²) in [6, 6.07) is -0.129. The van der Waals surface area contributed by atoms with Gasteiger partial charge in [-0.25, -0.2) is 0 Å². The molecule has 0 aliphatic heterocycles. The predicted molar refractivity (Wildman–Crippen MR) is 73.3 cm³/mol. The molecule has 0 bridgehead atoms. The van der Waals surface area contributed by atoms with Gasteiger partial charge < -0.3 is 15.8 Å². The highest BCUT2D eigenvalue weighted by molar-refractivity contribution is 5.85. The quantitative estimate of drug-likeness (QED) is 0.794. The van der Waals surface area contributed by atoms with Gasteiger partial charge in [-0.1, -0.05) is 27.7 Å². The number of ether oxygens (including phenoxy) is 1. The first-order valence-electron chi connectivity index (χ1n) is 5.76. The van der Waals surface area contributed by atoms with Crippen LogP contribution in [-0.4, -0.2) is 31.7 Å². The molecule has 0 fully saturated rings. The van der Waals surface area contributed by atoms with Crippen molar-refractivity contribution >= 4 is 18.3 Å². The van der Waals surface area contributed by atoms with E-state index in [4.69, 9.17) is 10.5 Å². The molecule has 0 aliphatic carbocycles. The highest BCUT2D eigenvalue weighted by atomic mass is 35.5. The summed E-state index contributed by atoms with van der Waals surface area (Å²) >= 11 is 0. The zero-order valence-corrected chi connectivity index (χ0v) is 12.6. The first kappa shape index (κ1) is 19.0. The van der Waals surface area contributed by atoms with Gasteiger partial charge in [0.25, 0.3) is 0 Å². The molecule has 0 saturated heterocycles. The molecule has 17 heavy (non-hydrogen) atoms. The molecular weight excluding hydrogens is 240 g/mol. The van der Waals surface area contributed by atoms with Crippen molar-refractivity contribution in [2.75, 3.05) is 13.7 Å². The molecule has 1 amide bonds. The molecule has 3 atom stereocenters. The molecule has 0 aliphatic rings. The molecular formula is C12H27ClN2O2. The molecule has 3 N–H and O–H groups in total. The number of methoxy groups -OCH3 is 1. The summed E-state index contributed by atoms with van der Waals surface area (Å²) < 4.78 is 5.36. The second kappa shape index (κ2) is 7.90. The van der Waals surface area contributed by atoms with Crippen LogP contribution in [-0.2, 0) is 9.53 Å². The zero-order valence-electron chi connectivity index (χ0n) is 11.7. The van der Waals surface area contributed by atoms with Gasteiger partial charge in [-0.3, -0.25) is 4.79 Å². The summed E-state index contributed by atoms with van der Waals surface area (Å²) in [5, 5.41) is 2.88. The Kier molecular flexibility index (Phi) is 8.84. The topological polar surface area (TPSA) is 64.3 Å².